The maximum absolute atomic E-state index is 12.7. The summed E-state index contributed by atoms with van der Waals surface area (Å²) in [5, 5.41) is 1.01. The second-order valence-corrected chi connectivity index (χ2v) is 8.95. The molecule has 1 saturated heterocycles. The van der Waals surface area contributed by atoms with Gasteiger partial charge in [0.15, 0.2) is 5.78 Å². The summed E-state index contributed by atoms with van der Waals surface area (Å²) >= 11 is 3.17. The van der Waals surface area contributed by atoms with Gasteiger partial charge in [0.1, 0.15) is 5.01 Å². The van der Waals surface area contributed by atoms with Gasteiger partial charge in [0.25, 0.3) is 0 Å². The van der Waals surface area contributed by atoms with E-state index < -0.39 is 0 Å². The number of thiophene rings is 1. The van der Waals surface area contributed by atoms with Crippen molar-refractivity contribution in [3.63, 3.8) is 0 Å². The van der Waals surface area contributed by atoms with Crippen LogP contribution in [0.4, 0.5) is 0 Å². The van der Waals surface area contributed by atoms with E-state index in [-0.39, 0.29) is 30.6 Å². The summed E-state index contributed by atoms with van der Waals surface area (Å²) in [7, 11) is 0. The van der Waals surface area contributed by atoms with Gasteiger partial charge in [0, 0.05) is 24.3 Å². The molecule has 1 amide bonds. The number of ketones is 1. The summed E-state index contributed by atoms with van der Waals surface area (Å²) in [6.45, 7) is 2.74. The van der Waals surface area contributed by atoms with Crippen LogP contribution in [0, 0.1) is 6.92 Å². The van der Waals surface area contributed by atoms with Gasteiger partial charge in [-0.05, 0) is 44.0 Å². The number of fused-ring (bicyclic) bond motifs is 1. The van der Waals surface area contributed by atoms with Crippen LogP contribution < -0.4 is 0 Å². The minimum Gasteiger partial charge on any atom is -0.333 e. The van der Waals surface area contributed by atoms with Crippen molar-refractivity contribution >= 4 is 44.6 Å². The van der Waals surface area contributed by atoms with Crippen LogP contribution in [0.25, 0.3) is 10.2 Å². The van der Waals surface area contributed by atoms with Crippen LogP contribution in [0.1, 0.15) is 51.3 Å². The third-order valence-corrected chi connectivity index (χ3v) is 6.93. The molecule has 1 unspecified atom stereocenters. The highest BCUT2D eigenvalue weighted by Crippen LogP contribution is 2.36. The molecule has 134 valence electrons. The van der Waals surface area contributed by atoms with E-state index in [1.807, 2.05) is 42.2 Å². The summed E-state index contributed by atoms with van der Waals surface area (Å²) in [4.78, 5) is 33.5. The number of rotatable bonds is 5. The van der Waals surface area contributed by atoms with E-state index in [2.05, 4.69) is 6.07 Å². The summed E-state index contributed by atoms with van der Waals surface area (Å²) in [5.74, 6) is 0.126. The quantitative estimate of drug-likeness (QED) is 0.582. The molecule has 26 heavy (non-hydrogen) atoms. The van der Waals surface area contributed by atoms with Crippen molar-refractivity contribution in [2.45, 2.75) is 38.6 Å². The van der Waals surface area contributed by atoms with E-state index in [9.17, 15) is 9.59 Å². The number of carbonyl (C=O) groups is 2. The largest absolute Gasteiger partial charge is 0.333 e. The second kappa shape index (κ2) is 7.29. The number of nitrogens with zero attached hydrogens (tertiary/aromatic N) is 2. The van der Waals surface area contributed by atoms with Crippen LogP contribution in [0.15, 0.2) is 36.4 Å². The van der Waals surface area contributed by atoms with Crippen molar-refractivity contribution in [3.05, 3.63) is 51.2 Å². The topological polar surface area (TPSA) is 50.3 Å². The summed E-state index contributed by atoms with van der Waals surface area (Å²) < 4.78 is 1.16. The number of carbonyl (C=O) groups excluding carboxylic acids is 2. The van der Waals surface area contributed by atoms with Gasteiger partial charge in [0.05, 0.1) is 21.1 Å². The van der Waals surface area contributed by atoms with Gasteiger partial charge >= 0.3 is 0 Å². The number of aryl methyl sites for hydroxylation is 1. The van der Waals surface area contributed by atoms with Crippen LogP contribution in [0.5, 0.6) is 0 Å². The van der Waals surface area contributed by atoms with E-state index >= 15 is 0 Å². The van der Waals surface area contributed by atoms with Crippen molar-refractivity contribution in [3.8, 4) is 0 Å². The van der Waals surface area contributed by atoms with Gasteiger partial charge in [-0.25, -0.2) is 4.98 Å². The Morgan fingerprint density at radius 3 is 2.77 bits per heavy atom. The third kappa shape index (κ3) is 3.44. The van der Waals surface area contributed by atoms with E-state index in [0.717, 1.165) is 44.4 Å². The smallest absolute Gasteiger partial charge is 0.223 e. The van der Waals surface area contributed by atoms with Crippen LogP contribution in [0.2, 0.25) is 0 Å². The van der Waals surface area contributed by atoms with Gasteiger partial charge in [-0.2, -0.15) is 0 Å². The Hall–Kier alpha value is -2.05. The molecule has 4 rings (SSSR count). The van der Waals surface area contributed by atoms with Gasteiger partial charge in [0.2, 0.25) is 5.91 Å². The number of benzene rings is 1. The molecule has 0 bridgehead atoms. The lowest BCUT2D eigenvalue weighted by molar-refractivity contribution is -0.132. The first-order chi connectivity index (χ1) is 12.6. The van der Waals surface area contributed by atoms with E-state index in [1.54, 1.807) is 11.3 Å². The first-order valence-electron chi connectivity index (χ1n) is 8.86. The molecule has 0 spiro atoms. The van der Waals surface area contributed by atoms with Crippen LogP contribution in [-0.2, 0) is 4.79 Å². The Morgan fingerprint density at radius 1 is 1.15 bits per heavy atom. The zero-order chi connectivity index (χ0) is 18.1. The zero-order valence-electron chi connectivity index (χ0n) is 14.6. The Labute approximate surface area is 160 Å². The fourth-order valence-electron chi connectivity index (χ4n) is 3.43. The monoisotopic (exact) mass is 384 g/mol. The number of aromatic nitrogens is 1. The van der Waals surface area contributed by atoms with Gasteiger partial charge < -0.3 is 4.90 Å². The van der Waals surface area contributed by atoms with Crippen LogP contribution >= 0.6 is 22.7 Å². The molecule has 2 aromatic heterocycles. The average molecular weight is 385 g/mol. The fourth-order valence-corrected chi connectivity index (χ4v) is 5.38. The molecule has 3 aromatic rings. The lowest BCUT2D eigenvalue weighted by Gasteiger charge is -2.23. The van der Waals surface area contributed by atoms with Crippen molar-refractivity contribution in [1.29, 1.82) is 0 Å². The van der Waals surface area contributed by atoms with Crippen molar-refractivity contribution in [2.75, 3.05) is 6.54 Å². The minimum atomic E-state index is 0.0546. The lowest BCUT2D eigenvalue weighted by atomic mass is 10.1. The second-order valence-electron chi connectivity index (χ2n) is 6.60. The molecule has 1 aromatic carbocycles. The van der Waals surface area contributed by atoms with E-state index in [1.165, 1.54) is 11.3 Å². The SMILES string of the molecule is Cc1ccc(C(=O)CCC(=O)N2CCCC2c2nc3ccccc3s2)s1. The number of hydrogen-bond acceptors (Lipinski definition) is 5. The molecule has 6 heteroatoms. The molecule has 3 heterocycles. The highest BCUT2D eigenvalue weighted by molar-refractivity contribution is 7.18. The predicted molar refractivity (Wildman–Crippen MR) is 106 cm³/mol. The maximum atomic E-state index is 12.7. The van der Waals surface area contributed by atoms with E-state index in [4.69, 9.17) is 4.98 Å². The Morgan fingerprint density at radius 2 is 2.00 bits per heavy atom. The maximum Gasteiger partial charge on any atom is 0.223 e. The minimum absolute atomic E-state index is 0.0546. The average Bonchev–Trinajstić information content (AvgIpc) is 3.36. The molecule has 1 atom stereocenters. The number of hydrogen-bond donors (Lipinski definition) is 0. The number of para-hydroxylation sites is 1. The molecular formula is C20H20N2O2S2. The molecule has 0 radical (unpaired) electrons. The molecular weight excluding hydrogens is 364 g/mol. The Balaban J connectivity index is 1.44. The zero-order valence-corrected chi connectivity index (χ0v) is 16.2. The Bertz CT molecular complexity index is 927. The number of amides is 1. The van der Waals surface area contributed by atoms with Crippen molar-refractivity contribution in [2.24, 2.45) is 0 Å². The number of Topliss-reactive ketones (excluding diaryl/α,β-unsaturated/α-hetero) is 1. The molecule has 0 N–H and O–H groups in total. The normalized spacial score (nSPS) is 17.1. The lowest BCUT2D eigenvalue weighted by Crippen LogP contribution is -2.30. The molecule has 0 saturated carbocycles. The predicted octanol–water partition coefficient (Wildman–Crippen LogP) is 4.99. The van der Waals surface area contributed by atoms with E-state index in [0.29, 0.717) is 0 Å². The van der Waals surface area contributed by atoms with Gasteiger partial charge in [-0.1, -0.05) is 12.1 Å². The summed E-state index contributed by atoms with van der Waals surface area (Å²) in [6.07, 6.45) is 2.49. The first-order valence-corrected chi connectivity index (χ1v) is 10.5. The summed E-state index contributed by atoms with van der Waals surface area (Å²) in [6, 6.07) is 11.9. The molecule has 0 aliphatic carbocycles. The highest BCUT2D eigenvalue weighted by Gasteiger charge is 2.32. The highest BCUT2D eigenvalue weighted by atomic mass is 32.1. The standard InChI is InChI=1S/C20H20N2O2S2/c1-13-8-10-18(25-13)16(23)9-11-19(24)22-12-4-6-15(22)20-21-14-5-2-3-7-17(14)26-20/h2-3,5,7-8,10,15H,4,6,9,11-12H2,1H3. The fraction of sp³-hybridized carbons (Fsp3) is 0.350. The number of likely N-dealkylation sites (tertiary alicyclic amines) is 1. The molecule has 1 aliphatic rings. The molecule has 1 aliphatic heterocycles. The van der Waals surface area contributed by atoms with Crippen LogP contribution in [-0.4, -0.2) is 28.1 Å². The van der Waals surface area contributed by atoms with Crippen molar-refractivity contribution < 1.29 is 9.59 Å². The molecule has 1 fully saturated rings. The van der Waals surface area contributed by atoms with Gasteiger partial charge in [-0.15, -0.1) is 22.7 Å². The van der Waals surface area contributed by atoms with Crippen molar-refractivity contribution in [1.82, 2.24) is 9.88 Å². The summed E-state index contributed by atoms with van der Waals surface area (Å²) in [5.41, 5.74) is 0.995. The Kier molecular flexibility index (Phi) is 4.87. The molecule has 4 nitrogen and oxygen atoms in total. The first kappa shape index (κ1) is 17.4. The number of thiazole rings is 1. The third-order valence-electron chi connectivity index (χ3n) is 4.75. The van der Waals surface area contributed by atoms with Gasteiger partial charge in [-0.3, -0.25) is 9.59 Å². The van der Waals surface area contributed by atoms with Crippen LogP contribution in [0.3, 0.4) is 0 Å².